The van der Waals surface area contributed by atoms with Crippen LogP contribution in [-0.2, 0) is 14.3 Å². The van der Waals surface area contributed by atoms with Crippen LogP contribution < -0.4 is 5.32 Å². The molecule has 1 aliphatic rings. The fourth-order valence-corrected chi connectivity index (χ4v) is 3.88. The Morgan fingerprint density at radius 2 is 1.90 bits per heavy atom. The van der Waals surface area contributed by atoms with E-state index in [1.807, 2.05) is 13.8 Å². The van der Waals surface area contributed by atoms with Gasteiger partial charge in [-0.1, -0.05) is 36.2 Å². The van der Waals surface area contributed by atoms with Gasteiger partial charge in [-0.05, 0) is 45.2 Å². The number of piperidine rings is 1. The van der Waals surface area contributed by atoms with Crippen LogP contribution in [0.1, 0.15) is 46.5 Å². The maximum absolute atomic E-state index is 12.9. The summed E-state index contributed by atoms with van der Waals surface area (Å²) in [4.78, 5) is 40.9. The molecule has 1 fully saturated rings. The number of hydrogen-bond donors (Lipinski definition) is 1. The molecule has 1 saturated heterocycles. The Kier molecular flexibility index (Phi) is 9.91. The number of hydrogen-bond acceptors (Lipinski definition) is 4. The summed E-state index contributed by atoms with van der Waals surface area (Å²) in [6.45, 7) is 7.41. The number of benzene rings is 1. The van der Waals surface area contributed by atoms with Crippen LogP contribution in [0, 0.1) is 5.92 Å². The maximum atomic E-state index is 12.9. The lowest BCUT2D eigenvalue weighted by Gasteiger charge is -2.33. The highest BCUT2D eigenvalue weighted by atomic mass is 35.5. The number of amides is 3. The molecule has 7 nitrogen and oxygen atoms in total. The van der Waals surface area contributed by atoms with Crippen LogP contribution in [0.5, 0.6) is 0 Å². The Morgan fingerprint density at radius 3 is 2.52 bits per heavy atom. The van der Waals surface area contributed by atoms with Gasteiger partial charge in [-0.15, -0.1) is 0 Å². The third-order valence-corrected chi connectivity index (χ3v) is 6.43. The van der Waals surface area contributed by atoms with Crippen molar-refractivity contribution in [2.75, 3.05) is 31.6 Å². The predicted molar refractivity (Wildman–Crippen MR) is 122 cm³/mol. The zero-order valence-electron chi connectivity index (χ0n) is 18.3. The first-order valence-corrected chi connectivity index (χ1v) is 11.5. The summed E-state index contributed by atoms with van der Waals surface area (Å²) in [5.74, 6) is -0.355. The van der Waals surface area contributed by atoms with E-state index in [2.05, 4.69) is 5.32 Å². The minimum absolute atomic E-state index is 0.0239. The van der Waals surface area contributed by atoms with Gasteiger partial charge in [-0.2, -0.15) is 0 Å². The summed E-state index contributed by atoms with van der Waals surface area (Å²) in [6, 6.07) is 4.66. The van der Waals surface area contributed by atoms with Crippen molar-refractivity contribution in [3.05, 3.63) is 28.2 Å². The molecule has 1 N–H and O–H groups in total. The number of halogens is 2. The smallest absolute Gasteiger partial charge is 0.322 e. The van der Waals surface area contributed by atoms with E-state index in [0.29, 0.717) is 43.2 Å². The van der Waals surface area contributed by atoms with Gasteiger partial charge >= 0.3 is 12.0 Å². The van der Waals surface area contributed by atoms with Crippen LogP contribution >= 0.6 is 23.2 Å². The highest BCUT2D eigenvalue weighted by molar-refractivity contribution is 6.43. The molecular weight excluding hydrogens is 441 g/mol. The van der Waals surface area contributed by atoms with Crippen molar-refractivity contribution in [3.8, 4) is 0 Å². The summed E-state index contributed by atoms with van der Waals surface area (Å²) in [7, 11) is 0. The molecule has 1 unspecified atom stereocenters. The van der Waals surface area contributed by atoms with Crippen LogP contribution in [0.25, 0.3) is 0 Å². The van der Waals surface area contributed by atoms with Gasteiger partial charge in [0, 0.05) is 32.1 Å². The Bertz CT molecular complexity index is 782. The van der Waals surface area contributed by atoms with Gasteiger partial charge in [0.15, 0.2) is 0 Å². The number of carbonyl (C=O) groups excluding carboxylic acids is 3. The van der Waals surface area contributed by atoms with Crippen LogP contribution in [0.2, 0.25) is 10.0 Å². The van der Waals surface area contributed by atoms with E-state index < -0.39 is 0 Å². The second-order valence-corrected chi connectivity index (χ2v) is 8.42. The quantitative estimate of drug-likeness (QED) is 0.551. The van der Waals surface area contributed by atoms with Crippen molar-refractivity contribution >= 4 is 46.8 Å². The Balaban J connectivity index is 1.93. The molecule has 0 aliphatic carbocycles. The van der Waals surface area contributed by atoms with Crippen molar-refractivity contribution < 1.29 is 19.1 Å². The Labute approximate surface area is 194 Å². The van der Waals surface area contributed by atoms with Gasteiger partial charge in [0.1, 0.15) is 0 Å². The predicted octanol–water partition coefficient (Wildman–Crippen LogP) is 4.82. The van der Waals surface area contributed by atoms with Crippen molar-refractivity contribution in [1.29, 1.82) is 0 Å². The minimum Gasteiger partial charge on any atom is -0.466 e. The first kappa shape index (κ1) is 25.3. The van der Waals surface area contributed by atoms with Crippen molar-refractivity contribution in [2.45, 2.75) is 52.5 Å². The number of carbonyl (C=O) groups is 3. The normalized spacial score (nSPS) is 15.3. The van der Waals surface area contributed by atoms with Crippen LogP contribution in [0.3, 0.4) is 0 Å². The lowest BCUT2D eigenvalue weighted by molar-refractivity contribution is -0.151. The summed E-state index contributed by atoms with van der Waals surface area (Å²) < 4.78 is 5.07. The van der Waals surface area contributed by atoms with Crippen LogP contribution in [0.15, 0.2) is 18.2 Å². The molecule has 31 heavy (non-hydrogen) atoms. The van der Waals surface area contributed by atoms with Crippen molar-refractivity contribution in [2.24, 2.45) is 5.92 Å². The van der Waals surface area contributed by atoms with Crippen LogP contribution in [-0.4, -0.2) is 60.0 Å². The molecule has 1 heterocycles. The van der Waals surface area contributed by atoms with Gasteiger partial charge in [-0.25, -0.2) is 4.79 Å². The highest BCUT2D eigenvalue weighted by Crippen LogP contribution is 2.30. The number of urea groups is 1. The lowest BCUT2D eigenvalue weighted by Crippen LogP contribution is -2.45. The molecule has 1 aromatic carbocycles. The van der Waals surface area contributed by atoms with E-state index in [0.717, 1.165) is 6.42 Å². The van der Waals surface area contributed by atoms with E-state index in [-0.39, 0.29) is 47.9 Å². The second-order valence-electron chi connectivity index (χ2n) is 7.64. The average molecular weight is 472 g/mol. The van der Waals surface area contributed by atoms with Gasteiger partial charge in [-0.3, -0.25) is 9.59 Å². The standard InChI is InChI=1S/C22H31Cl2N3O4/c1-4-15(3)27(22(30)25-18-8-6-7-17(23)20(18)24)14-11-19(28)26-12-9-16(10-13-26)21(29)31-5-2/h6-8,15-16H,4-5,9-14H2,1-3H3,(H,25,30). The van der Waals surface area contributed by atoms with Gasteiger partial charge in [0.2, 0.25) is 5.91 Å². The fourth-order valence-electron chi connectivity index (χ4n) is 3.53. The molecule has 3 amide bonds. The molecule has 0 radical (unpaired) electrons. The van der Waals surface area contributed by atoms with E-state index in [9.17, 15) is 14.4 Å². The lowest BCUT2D eigenvalue weighted by atomic mass is 9.97. The molecule has 0 aromatic heterocycles. The first-order valence-electron chi connectivity index (χ1n) is 10.7. The number of nitrogens with zero attached hydrogens (tertiary/aromatic N) is 2. The van der Waals surface area contributed by atoms with E-state index in [1.165, 1.54) is 0 Å². The average Bonchev–Trinajstić information content (AvgIpc) is 2.77. The van der Waals surface area contributed by atoms with Crippen molar-refractivity contribution in [3.63, 3.8) is 0 Å². The van der Waals surface area contributed by atoms with Gasteiger partial charge < -0.3 is 19.9 Å². The minimum atomic E-state index is -0.327. The highest BCUT2D eigenvalue weighted by Gasteiger charge is 2.29. The monoisotopic (exact) mass is 471 g/mol. The maximum Gasteiger partial charge on any atom is 0.322 e. The van der Waals surface area contributed by atoms with Gasteiger partial charge in [0.25, 0.3) is 0 Å². The van der Waals surface area contributed by atoms with Gasteiger partial charge in [0.05, 0.1) is 28.3 Å². The molecule has 0 bridgehead atoms. The number of rotatable bonds is 8. The molecule has 2 rings (SSSR count). The zero-order valence-corrected chi connectivity index (χ0v) is 19.8. The number of nitrogens with one attached hydrogen (secondary N) is 1. The number of esters is 1. The second kappa shape index (κ2) is 12.2. The Hall–Kier alpha value is -1.99. The number of ether oxygens (including phenoxy) is 1. The topological polar surface area (TPSA) is 79.0 Å². The zero-order chi connectivity index (χ0) is 23.0. The first-order chi connectivity index (χ1) is 14.8. The molecule has 9 heteroatoms. The van der Waals surface area contributed by atoms with E-state index in [4.69, 9.17) is 27.9 Å². The van der Waals surface area contributed by atoms with E-state index in [1.54, 1.807) is 34.9 Å². The summed E-state index contributed by atoms with van der Waals surface area (Å²) in [6.07, 6.45) is 2.17. The third-order valence-electron chi connectivity index (χ3n) is 5.61. The number of likely N-dealkylation sites (tertiary alicyclic amines) is 1. The molecule has 1 aromatic rings. The summed E-state index contributed by atoms with van der Waals surface area (Å²) in [5, 5.41) is 3.43. The third kappa shape index (κ3) is 7.01. The fraction of sp³-hybridized carbons (Fsp3) is 0.591. The molecule has 1 aliphatic heterocycles. The summed E-state index contributed by atoms with van der Waals surface area (Å²) in [5.41, 5.74) is 0.430. The summed E-state index contributed by atoms with van der Waals surface area (Å²) >= 11 is 12.2. The molecule has 0 saturated carbocycles. The SMILES string of the molecule is CCOC(=O)C1CCN(C(=O)CCN(C(=O)Nc2cccc(Cl)c2Cl)C(C)CC)CC1. The molecule has 1 atom stereocenters. The Morgan fingerprint density at radius 1 is 1.23 bits per heavy atom. The van der Waals surface area contributed by atoms with E-state index >= 15 is 0 Å². The van der Waals surface area contributed by atoms with Crippen LogP contribution in [0.4, 0.5) is 10.5 Å². The molecule has 0 spiro atoms. The largest absolute Gasteiger partial charge is 0.466 e. The van der Waals surface area contributed by atoms with Crippen molar-refractivity contribution in [1.82, 2.24) is 9.80 Å². The number of anilines is 1. The molecular formula is C22H31Cl2N3O4. The molecule has 172 valence electrons.